The fraction of sp³-hybridized carbons (Fsp3) is 0.333. The number of carbonyl (C=O) groups is 1. The van der Waals surface area contributed by atoms with E-state index in [9.17, 15) is 4.79 Å². The second-order valence-electron chi connectivity index (χ2n) is 8.59. The lowest BCUT2D eigenvalue weighted by Gasteiger charge is -2.31. The summed E-state index contributed by atoms with van der Waals surface area (Å²) >= 11 is 13.3. The van der Waals surface area contributed by atoms with Crippen LogP contribution in [0, 0.1) is 12.3 Å². The van der Waals surface area contributed by atoms with Gasteiger partial charge in [-0.3, -0.25) is 9.89 Å². The van der Waals surface area contributed by atoms with Crippen LogP contribution >= 0.6 is 23.2 Å². The molecule has 1 atom stereocenters. The number of likely N-dealkylation sites (tertiary alicyclic amines) is 1. The summed E-state index contributed by atoms with van der Waals surface area (Å²) in [6.07, 6.45) is 5.24. The van der Waals surface area contributed by atoms with Crippen LogP contribution in [-0.4, -0.2) is 27.5 Å². The molecule has 0 saturated carbocycles. The third-order valence-corrected chi connectivity index (χ3v) is 7.34. The van der Waals surface area contributed by atoms with E-state index in [1.165, 1.54) is 16.8 Å². The fourth-order valence-corrected chi connectivity index (χ4v) is 5.43. The Morgan fingerprint density at radius 2 is 1.83 bits per heavy atom. The Hall–Kier alpha value is -2.30. The van der Waals surface area contributed by atoms with E-state index in [4.69, 9.17) is 23.2 Å². The van der Waals surface area contributed by atoms with E-state index >= 15 is 0 Å². The SMILES string of the molecule is Cc1ccc(-c2cc(Cl)c(CN3CCC4(CCc5[nH]ncc5C4)C3=O)c(Cl)c2)cc1. The van der Waals surface area contributed by atoms with Crippen molar-refractivity contribution in [2.24, 2.45) is 5.41 Å². The van der Waals surface area contributed by atoms with Gasteiger partial charge in [-0.05, 0) is 61.4 Å². The number of benzene rings is 2. The summed E-state index contributed by atoms with van der Waals surface area (Å²) in [6, 6.07) is 12.2. The maximum Gasteiger partial charge on any atom is 0.229 e. The summed E-state index contributed by atoms with van der Waals surface area (Å²) in [5.41, 5.74) is 6.12. The number of carbonyl (C=O) groups excluding carboxylic acids is 1. The summed E-state index contributed by atoms with van der Waals surface area (Å²) < 4.78 is 0. The van der Waals surface area contributed by atoms with Crippen LogP contribution in [-0.2, 0) is 24.2 Å². The van der Waals surface area contributed by atoms with E-state index in [0.717, 1.165) is 48.9 Å². The number of H-pyrrole nitrogens is 1. The molecule has 0 radical (unpaired) electrons. The number of nitrogens with one attached hydrogen (secondary N) is 1. The molecule has 1 amide bonds. The number of fused-ring (bicyclic) bond motifs is 1. The molecule has 1 spiro atoms. The fourth-order valence-electron chi connectivity index (χ4n) is 4.82. The van der Waals surface area contributed by atoms with Gasteiger partial charge >= 0.3 is 0 Å². The van der Waals surface area contributed by atoms with Crippen LogP contribution in [0.25, 0.3) is 11.1 Å². The first-order valence-corrected chi connectivity index (χ1v) is 11.1. The topological polar surface area (TPSA) is 49.0 Å². The molecule has 5 rings (SSSR count). The number of aryl methyl sites for hydroxylation is 2. The Kier molecular flexibility index (Phi) is 4.87. The smallest absolute Gasteiger partial charge is 0.229 e. The molecule has 1 aromatic heterocycles. The van der Waals surface area contributed by atoms with Gasteiger partial charge in [0.2, 0.25) is 5.91 Å². The average Bonchev–Trinajstić information content (AvgIpc) is 3.31. The standard InChI is InChI=1S/C24H23Cl2N3O/c1-15-2-4-16(5-3-15)17-10-20(25)19(21(26)11-17)14-29-9-8-24(23(29)30)7-6-22-18(12-24)13-27-28-22/h2-5,10-11,13H,6-9,12,14H2,1H3,(H,27,28). The highest BCUT2D eigenvalue weighted by atomic mass is 35.5. The van der Waals surface area contributed by atoms with Gasteiger partial charge in [-0.15, -0.1) is 0 Å². The van der Waals surface area contributed by atoms with E-state index < -0.39 is 0 Å². The Balaban J connectivity index is 1.37. The molecule has 1 saturated heterocycles. The molecule has 0 bridgehead atoms. The largest absolute Gasteiger partial charge is 0.338 e. The molecule has 2 heterocycles. The van der Waals surface area contributed by atoms with Crippen LogP contribution < -0.4 is 0 Å². The van der Waals surface area contributed by atoms with Gasteiger partial charge in [0.25, 0.3) is 0 Å². The van der Waals surface area contributed by atoms with E-state index in [2.05, 4.69) is 41.4 Å². The number of aromatic nitrogens is 2. The minimum absolute atomic E-state index is 0.212. The average molecular weight is 440 g/mol. The van der Waals surface area contributed by atoms with Gasteiger partial charge in [-0.2, -0.15) is 5.10 Å². The van der Waals surface area contributed by atoms with Gasteiger partial charge in [0.1, 0.15) is 0 Å². The first-order chi connectivity index (χ1) is 14.4. The Morgan fingerprint density at radius 1 is 1.10 bits per heavy atom. The van der Waals surface area contributed by atoms with Gasteiger partial charge in [-0.25, -0.2) is 0 Å². The second-order valence-corrected chi connectivity index (χ2v) is 9.41. The van der Waals surface area contributed by atoms with Crippen LogP contribution in [0.3, 0.4) is 0 Å². The van der Waals surface area contributed by atoms with Crippen molar-refractivity contribution in [3.8, 4) is 11.1 Å². The summed E-state index contributed by atoms with van der Waals surface area (Å²) in [5.74, 6) is 0.212. The van der Waals surface area contributed by atoms with Crippen LogP contribution in [0.2, 0.25) is 10.0 Å². The highest BCUT2D eigenvalue weighted by Crippen LogP contribution is 2.44. The molecule has 6 heteroatoms. The molecule has 1 N–H and O–H groups in total. The van der Waals surface area contributed by atoms with Crippen molar-refractivity contribution in [1.82, 2.24) is 15.1 Å². The number of hydrogen-bond donors (Lipinski definition) is 1. The molecular formula is C24H23Cl2N3O. The van der Waals surface area contributed by atoms with Crippen LogP contribution in [0.1, 0.15) is 35.2 Å². The lowest BCUT2D eigenvalue weighted by molar-refractivity contribution is -0.137. The van der Waals surface area contributed by atoms with Gasteiger partial charge in [0.05, 0.1) is 11.6 Å². The summed E-state index contributed by atoms with van der Waals surface area (Å²) in [7, 11) is 0. The highest BCUT2D eigenvalue weighted by molar-refractivity contribution is 6.36. The normalized spacial score (nSPS) is 20.8. The minimum atomic E-state index is -0.308. The third-order valence-electron chi connectivity index (χ3n) is 6.67. The molecule has 2 aromatic carbocycles. The predicted molar refractivity (Wildman–Crippen MR) is 120 cm³/mol. The molecule has 4 nitrogen and oxygen atoms in total. The highest BCUT2D eigenvalue weighted by Gasteiger charge is 2.48. The maximum atomic E-state index is 13.4. The van der Waals surface area contributed by atoms with Gasteiger partial charge < -0.3 is 4.90 Å². The molecule has 1 unspecified atom stereocenters. The lowest BCUT2D eigenvalue weighted by atomic mass is 9.72. The van der Waals surface area contributed by atoms with E-state index in [1.54, 1.807) is 0 Å². The molecule has 30 heavy (non-hydrogen) atoms. The molecule has 2 aliphatic rings. The Morgan fingerprint density at radius 3 is 2.57 bits per heavy atom. The van der Waals surface area contributed by atoms with Crippen molar-refractivity contribution in [2.75, 3.05) is 6.54 Å². The first kappa shape index (κ1) is 19.7. The molecule has 154 valence electrons. The summed E-state index contributed by atoms with van der Waals surface area (Å²) in [5, 5.41) is 8.41. The van der Waals surface area contributed by atoms with Crippen LogP contribution in [0.15, 0.2) is 42.6 Å². The molecule has 1 fully saturated rings. The zero-order valence-corrected chi connectivity index (χ0v) is 18.4. The van der Waals surface area contributed by atoms with Crippen molar-refractivity contribution < 1.29 is 4.79 Å². The zero-order valence-electron chi connectivity index (χ0n) is 16.8. The summed E-state index contributed by atoms with van der Waals surface area (Å²) in [6.45, 7) is 3.25. The maximum absolute atomic E-state index is 13.4. The second kappa shape index (κ2) is 7.44. The van der Waals surface area contributed by atoms with Crippen molar-refractivity contribution in [3.63, 3.8) is 0 Å². The van der Waals surface area contributed by atoms with Gasteiger partial charge in [0.15, 0.2) is 0 Å². The van der Waals surface area contributed by atoms with Crippen LogP contribution in [0.5, 0.6) is 0 Å². The van der Waals surface area contributed by atoms with E-state index in [0.29, 0.717) is 16.6 Å². The van der Waals surface area contributed by atoms with Crippen molar-refractivity contribution in [3.05, 3.63) is 75.0 Å². The molecule has 1 aliphatic carbocycles. The Bertz CT molecular complexity index is 1100. The monoisotopic (exact) mass is 439 g/mol. The van der Waals surface area contributed by atoms with Crippen molar-refractivity contribution in [1.29, 1.82) is 0 Å². The summed E-state index contributed by atoms with van der Waals surface area (Å²) in [4.78, 5) is 15.3. The molecular weight excluding hydrogens is 417 g/mol. The number of amides is 1. The third kappa shape index (κ3) is 3.32. The minimum Gasteiger partial charge on any atom is -0.338 e. The van der Waals surface area contributed by atoms with E-state index in [-0.39, 0.29) is 11.3 Å². The predicted octanol–water partition coefficient (Wildman–Crippen LogP) is 5.60. The van der Waals surface area contributed by atoms with Gasteiger partial charge in [0, 0.05) is 34.4 Å². The molecule has 1 aliphatic heterocycles. The molecule has 3 aromatic rings. The number of halogens is 2. The number of rotatable bonds is 3. The first-order valence-electron chi connectivity index (χ1n) is 10.3. The van der Waals surface area contributed by atoms with E-state index in [1.807, 2.05) is 23.2 Å². The Labute approximate surface area is 186 Å². The number of nitrogens with zero attached hydrogens (tertiary/aromatic N) is 2. The zero-order chi connectivity index (χ0) is 20.9. The van der Waals surface area contributed by atoms with Crippen molar-refractivity contribution >= 4 is 29.1 Å². The quantitative estimate of drug-likeness (QED) is 0.577. The van der Waals surface area contributed by atoms with Gasteiger partial charge in [-0.1, -0.05) is 53.0 Å². The number of hydrogen-bond acceptors (Lipinski definition) is 2. The van der Waals surface area contributed by atoms with Crippen molar-refractivity contribution in [2.45, 2.75) is 39.2 Å². The lowest BCUT2D eigenvalue weighted by Crippen LogP contribution is -2.38. The van der Waals surface area contributed by atoms with Crippen LogP contribution in [0.4, 0.5) is 0 Å². The number of aromatic amines is 1.